The molecule has 0 unspecified atom stereocenters. The van der Waals surface area contributed by atoms with Gasteiger partial charge >= 0.3 is 0 Å². The molecule has 3 rings (SSSR count). The van der Waals surface area contributed by atoms with Crippen molar-refractivity contribution in [2.75, 3.05) is 0 Å². The van der Waals surface area contributed by atoms with Crippen molar-refractivity contribution in [3.05, 3.63) is 111 Å². The highest BCUT2D eigenvalue weighted by Crippen LogP contribution is 2.28. The Morgan fingerprint density at radius 2 is 1.54 bits per heavy atom. The SMILES string of the molecule is C=C(O)c1ccc(CCc2cc(Cl)cc(Cl)c2CCc2ccccc2F)cc1. The number of aliphatic hydroxyl groups is 1. The number of aliphatic hydroxyl groups excluding tert-OH is 1. The molecule has 0 fully saturated rings. The molecule has 3 aromatic rings. The lowest BCUT2D eigenvalue weighted by molar-refractivity contribution is 0.514. The van der Waals surface area contributed by atoms with E-state index in [4.69, 9.17) is 23.2 Å². The second-order valence-electron chi connectivity index (χ2n) is 6.76. The van der Waals surface area contributed by atoms with Crippen molar-refractivity contribution in [3.8, 4) is 0 Å². The Labute approximate surface area is 175 Å². The van der Waals surface area contributed by atoms with E-state index in [0.29, 0.717) is 34.0 Å². The second-order valence-corrected chi connectivity index (χ2v) is 7.60. The minimum Gasteiger partial charge on any atom is -0.508 e. The van der Waals surface area contributed by atoms with Gasteiger partial charge in [0.1, 0.15) is 11.6 Å². The average Bonchev–Trinajstić information content (AvgIpc) is 2.67. The summed E-state index contributed by atoms with van der Waals surface area (Å²) in [6.07, 6.45) is 2.80. The fourth-order valence-corrected chi connectivity index (χ4v) is 3.89. The van der Waals surface area contributed by atoms with Gasteiger partial charge in [-0.25, -0.2) is 4.39 Å². The van der Waals surface area contributed by atoms with E-state index in [9.17, 15) is 9.50 Å². The van der Waals surface area contributed by atoms with Gasteiger partial charge in [-0.3, -0.25) is 0 Å². The highest BCUT2D eigenvalue weighted by atomic mass is 35.5. The molecule has 0 heterocycles. The van der Waals surface area contributed by atoms with Crippen LogP contribution in [0.3, 0.4) is 0 Å². The quantitative estimate of drug-likeness (QED) is 0.404. The molecule has 0 spiro atoms. The summed E-state index contributed by atoms with van der Waals surface area (Å²) in [4.78, 5) is 0. The smallest absolute Gasteiger partial charge is 0.126 e. The zero-order chi connectivity index (χ0) is 20.1. The van der Waals surface area contributed by atoms with Crippen LogP contribution in [0.1, 0.15) is 27.8 Å². The molecule has 1 N–H and O–H groups in total. The fourth-order valence-electron chi connectivity index (χ4n) is 3.26. The molecule has 0 bridgehead atoms. The van der Waals surface area contributed by atoms with E-state index in [1.165, 1.54) is 6.07 Å². The Bertz CT molecular complexity index is 980. The molecule has 0 amide bonds. The first kappa shape index (κ1) is 20.4. The summed E-state index contributed by atoms with van der Waals surface area (Å²) in [5.74, 6) is -0.136. The first-order valence-corrected chi connectivity index (χ1v) is 9.87. The molecular formula is C24H21Cl2FO. The van der Waals surface area contributed by atoms with Gasteiger partial charge in [0.2, 0.25) is 0 Å². The van der Waals surface area contributed by atoms with Crippen LogP contribution in [-0.2, 0) is 25.7 Å². The zero-order valence-electron chi connectivity index (χ0n) is 15.4. The van der Waals surface area contributed by atoms with Crippen molar-refractivity contribution >= 4 is 29.0 Å². The molecule has 1 nitrogen and oxygen atoms in total. The van der Waals surface area contributed by atoms with Gasteiger partial charge in [-0.2, -0.15) is 0 Å². The van der Waals surface area contributed by atoms with Crippen molar-refractivity contribution in [2.24, 2.45) is 0 Å². The standard InChI is InChI=1S/C24H21Cl2FO/c1-16(28)18-9-6-17(7-10-18)8-11-20-14-21(25)15-23(26)22(20)13-12-19-4-2-3-5-24(19)27/h2-7,9-10,14-15,28H,1,8,11-13H2. The van der Waals surface area contributed by atoms with Gasteiger partial charge in [0, 0.05) is 15.6 Å². The predicted molar refractivity (Wildman–Crippen MR) is 116 cm³/mol. The van der Waals surface area contributed by atoms with Crippen LogP contribution >= 0.6 is 23.2 Å². The molecule has 0 atom stereocenters. The molecule has 0 aliphatic carbocycles. The van der Waals surface area contributed by atoms with E-state index < -0.39 is 0 Å². The van der Waals surface area contributed by atoms with Crippen molar-refractivity contribution in [2.45, 2.75) is 25.7 Å². The molecule has 0 saturated heterocycles. The number of hydrogen-bond donors (Lipinski definition) is 1. The second kappa shape index (κ2) is 9.27. The number of rotatable bonds is 7. The summed E-state index contributed by atoms with van der Waals surface area (Å²) in [6.45, 7) is 3.53. The van der Waals surface area contributed by atoms with E-state index in [2.05, 4.69) is 6.58 Å². The minimum atomic E-state index is -0.195. The first-order chi connectivity index (χ1) is 13.4. The third-order valence-corrected chi connectivity index (χ3v) is 5.38. The van der Waals surface area contributed by atoms with Crippen molar-refractivity contribution < 1.29 is 9.50 Å². The summed E-state index contributed by atoms with van der Waals surface area (Å²) in [6, 6.07) is 18.1. The van der Waals surface area contributed by atoms with Gasteiger partial charge in [-0.15, -0.1) is 0 Å². The van der Waals surface area contributed by atoms with Crippen molar-refractivity contribution in [1.82, 2.24) is 0 Å². The van der Waals surface area contributed by atoms with Crippen LogP contribution in [0, 0.1) is 5.82 Å². The Morgan fingerprint density at radius 1 is 0.857 bits per heavy atom. The lowest BCUT2D eigenvalue weighted by atomic mass is 9.95. The van der Waals surface area contributed by atoms with Gasteiger partial charge in [0.15, 0.2) is 0 Å². The van der Waals surface area contributed by atoms with Crippen LogP contribution in [0.4, 0.5) is 4.39 Å². The van der Waals surface area contributed by atoms with E-state index in [1.807, 2.05) is 36.4 Å². The summed E-state index contributed by atoms with van der Waals surface area (Å²) < 4.78 is 13.9. The molecule has 0 aliphatic rings. The number of halogens is 3. The number of aryl methyl sites for hydroxylation is 3. The molecule has 0 saturated carbocycles. The average molecular weight is 415 g/mol. The molecule has 0 aliphatic heterocycles. The Morgan fingerprint density at radius 3 is 2.21 bits per heavy atom. The lowest BCUT2D eigenvalue weighted by Crippen LogP contribution is -2.02. The molecule has 0 aromatic heterocycles. The summed E-state index contributed by atoms with van der Waals surface area (Å²) in [5.41, 5.74) is 4.61. The molecule has 4 heteroatoms. The minimum absolute atomic E-state index is 0.0589. The highest BCUT2D eigenvalue weighted by molar-refractivity contribution is 6.35. The summed E-state index contributed by atoms with van der Waals surface area (Å²) in [5, 5.41) is 10.7. The number of hydrogen-bond acceptors (Lipinski definition) is 1. The molecule has 3 aromatic carbocycles. The van der Waals surface area contributed by atoms with Crippen LogP contribution < -0.4 is 0 Å². The number of benzene rings is 3. The molecule has 0 radical (unpaired) electrons. The van der Waals surface area contributed by atoms with Crippen LogP contribution in [0.15, 0.2) is 67.2 Å². The lowest BCUT2D eigenvalue weighted by Gasteiger charge is -2.13. The monoisotopic (exact) mass is 414 g/mol. The Balaban J connectivity index is 1.76. The van der Waals surface area contributed by atoms with Gasteiger partial charge in [-0.05, 0) is 66.1 Å². The highest BCUT2D eigenvalue weighted by Gasteiger charge is 2.11. The van der Waals surface area contributed by atoms with E-state index in [1.54, 1.807) is 18.2 Å². The van der Waals surface area contributed by atoms with E-state index >= 15 is 0 Å². The summed E-state index contributed by atoms with van der Waals surface area (Å²) >= 11 is 12.7. The zero-order valence-corrected chi connectivity index (χ0v) is 16.9. The predicted octanol–water partition coefficient (Wildman–Crippen LogP) is 7.23. The van der Waals surface area contributed by atoms with Gasteiger partial charge in [0.05, 0.1) is 0 Å². The van der Waals surface area contributed by atoms with Crippen LogP contribution in [-0.4, -0.2) is 5.11 Å². The molecule has 144 valence electrons. The molecular weight excluding hydrogens is 394 g/mol. The summed E-state index contributed by atoms with van der Waals surface area (Å²) in [7, 11) is 0. The van der Waals surface area contributed by atoms with Crippen LogP contribution in [0.5, 0.6) is 0 Å². The fraction of sp³-hybridized carbons (Fsp3) is 0.167. The molecule has 28 heavy (non-hydrogen) atoms. The maximum atomic E-state index is 13.9. The van der Waals surface area contributed by atoms with Gasteiger partial charge < -0.3 is 5.11 Å². The van der Waals surface area contributed by atoms with Crippen molar-refractivity contribution in [3.63, 3.8) is 0 Å². The maximum absolute atomic E-state index is 13.9. The third-order valence-electron chi connectivity index (χ3n) is 4.82. The first-order valence-electron chi connectivity index (χ1n) is 9.11. The maximum Gasteiger partial charge on any atom is 0.126 e. The van der Waals surface area contributed by atoms with Crippen LogP contribution in [0.2, 0.25) is 10.0 Å². The largest absolute Gasteiger partial charge is 0.508 e. The third kappa shape index (κ3) is 5.15. The normalized spacial score (nSPS) is 10.8. The van der Waals surface area contributed by atoms with E-state index in [-0.39, 0.29) is 11.6 Å². The van der Waals surface area contributed by atoms with Gasteiger partial charge in [0.25, 0.3) is 0 Å². The van der Waals surface area contributed by atoms with Crippen LogP contribution in [0.25, 0.3) is 5.76 Å². The topological polar surface area (TPSA) is 20.2 Å². The van der Waals surface area contributed by atoms with Gasteiger partial charge in [-0.1, -0.05) is 72.2 Å². The Kier molecular flexibility index (Phi) is 6.77. The van der Waals surface area contributed by atoms with Crippen molar-refractivity contribution in [1.29, 1.82) is 0 Å². The Hall–Kier alpha value is -2.29. The van der Waals surface area contributed by atoms with E-state index in [0.717, 1.165) is 29.5 Å².